The van der Waals surface area contributed by atoms with Crippen molar-refractivity contribution in [2.75, 3.05) is 36.4 Å². The number of hydrogen-bond donors (Lipinski definition) is 1. The third kappa shape index (κ3) is 4.42. The first-order chi connectivity index (χ1) is 14.9. The van der Waals surface area contributed by atoms with Crippen LogP contribution in [0, 0.1) is 12.7 Å². The molecule has 3 aromatic rings. The third-order valence-corrected chi connectivity index (χ3v) is 5.25. The average molecular weight is 421 g/mol. The van der Waals surface area contributed by atoms with Gasteiger partial charge in [0.25, 0.3) is 5.91 Å². The quantitative estimate of drug-likeness (QED) is 0.702. The smallest absolute Gasteiger partial charge is 0.253 e. The molecule has 4 rings (SSSR count). The Labute approximate surface area is 180 Å². The zero-order valence-corrected chi connectivity index (χ0v) is 17.5. The van der Waals surface area contributed by atoms with Gasteiger partial charge in [0.15, 0.2) is 0 Å². The van der Waals surface area contributed by atoms with Crippen molar-refractivity contribution >= 4 is 23.3 Å². The lowest BCUT2D eigenvalue weighted by Crippen LogP contribution is -2.49. The zero-order chi connectivity index (χ0) is 22.0. The minimum Gasteiger partial charge on any atom is -0.366 e. The van der Waals surface area contributed by atoms with Gasteiger partial charge in [-0.3, -0.25) is 9.59 Å². The number of carbonyl (C=O) groups is 2. The second-order valence-corrected chi connectivity index (χ2v) is 7.54. The van der Waals surface area contributed by atoms with E-state index < -0.39 is 0 Å². The predicted octanol–water partition coefficient (Wildman–Crippen LogP) is 3.24. The fourth-order valence-corrected chi connectivity index (χ4v) is 3.75. The summed E-state index contributed by atoms with van der Waals surface area (Å²) in [4.78, 5) is 28.1. The molecule has 0 spiro atoms. The number of rotatable bonds is 4. The number of para-hydroxylation sites is 1. The molecule has 0 radical (unpaired) electrons. The van der Waals surface area contributed by atoms with Crippen LogP contribution in [0.15, 0.2) is 54.6 Å². The van der Waals surface area contributed by atoms with E-state index >= 15 is 0 Å². The summed E-state index contributed by atoms with van der Waals surface area (Å²) in [6.45, 7) is 5.51. The molecule has 31 heavy (non-hydrogen) atoms. The largest absolute Gasteiger partial charge is 0.366 e. The van der Waals surface area contributed by atoms with Crippen LogP contribution in [0.3, 0.4) is 0 Å². The molecule has 0 unspecified atom stereocenters. The van der Waals surface area contributed by atoms with Crippen LogP contribution in [-0.4, -0.2) is 52.7 Å². The van der Waals surface area contributed by atoms with Gasteiger partial charge in [-0.2, -0.15) is 5.10 Å². The number of nitrogens with zero attached hydrogens (tertiary/aromatic N) is 4. The minimum absolute atomic E-state index is 0.0570. The molecule has 1 aliphatic heterocycles. The lowest BCUT2D eigenvalue weighted by atomic mass is 10.1. The first-order valence-electron chi connectivity index (χ1n) is 10.2. The van der Waals surface area contributed by atoms with Crippen molar-refractivity contribution in [3.63, 3.8) is 0 Å². The minimum atomic E-state index is -0.245. The van der Waals surface area contributed by atoms with Gasteiger partial charge in [-0.25, -0.2) is 9.07 Å². The Morgan fingerprint density at radius 3 is 2.32 bits per heavy atom. The summed E-state index contributed by atoms with van der Waals surface area (Å²) in [7, 11) is 0. The fraction of sp³-hybridized carbons (Fsp3) is 0.261. The number of amides is 2. The molecule has 0 atom stereocenters. The number of aromatic nitrogens is 2. The van der Waals surface area contributed by atoms with Crippen molar-refractivity contribution in [2.45, 2.75) is 13.8 Å². The molecule has 160 valence electrons. The highest BCUT2D eigenvalue weighted by Gasteiger charge is 2.23. The van der Waals surface area contributed by atoms with Gasteiger partial charge >= 0.3 is 0 Å². The van der Waals surface area contributed by atoms with E-state index in [1.807, 2.05) is 17.9 Å². The second-order valence-electron chi connectivity index (χ2n) is 7.54. The van der Waals surface area contributed by atoms with E-state index in [2.05, 4.69) is 10.4 Å². The van der Waals surface area contributed by atoms with Gasteiger partial charge in [-0.15, -0.1) is 0 Å². The maximum absolute atomic E-state index is 14.0. The van der Waals surface area contributed by atoms with Crippen LogP contribution in [0.1, 0.15) is 23.0 Å². The van der Waals surface area contributed by atoms with Crippen molar-refractivity contribution in [1.29, 1.82) is 0 Å². The van der Waals surface area contributed by atoms with Crippen LogP contribution in [0.4, 0.5) is 15.9 Å². The van der Waals surface area contributed by atoms with Crippen LogP contribution in [-0.2, 0) is 4.79 Å². The molecule has 2 aromatic carbocycles. The van der Waals surface area contributed by atoms with Gasteiger partial charge in [0, 0.05) is 44.7 Å². The molecule has 1 saturated heterocycles. The van der Waals surface area contributed by atoms with Crippen molar-refractivity contribution in [2.24, 2.45) is 0 Å². The summed E-state index contributed by atoms with van der Waals surface area (Å²) in [5.74, 6) is 0.0969. The Bertz CT molecular complexity index is 1100. The SMILES string of the molecule is CC(=O)Nc1cc(C)nn1-c1ccc(C(=O)N2CCN(c3ccccc3F)CC2)cc1. The Hall–Kier alpha value is -3.68. The van der Waals surface area contributed by atoms with Crippen LogP contribution in [0.25, 0.3) is 5.69 Å². The van der Waals surface area contributed by atoms with Crippen LogP contribution in [0.5, 0.6) is 0 Å². The highest BCUT2D eigenvalue weighted by atomic mass is 19.1. The molecule has 1 fully saturated rings. The normalized spacial score (nSPS) is 13.9. The Balaban J connectivity index is 1.44. The molecule has 1 N–H and O–H groups in total. The molecule has 8 heteroatoms. The highest BCUT2D eigenvalue weighted by molar-refractivity contribution is 5.94. The number of nitrogens with one attached hydrogen (secondary N) is 1. The summed E-state index contributed by atoms with van der Waals surface area (Å²) >= 11 is 0. The second kappa shape index (κ2) is 8.59. The molecule has 1 aliphatic rings. The molecule has 0 bridgehead atoms. The first-order valence-corrected chi connectivity index (χ1v) is 10.2. The molecule has 0 saturated carbocycles. The van der Waals surface area contributed by atoms with Crippen LogP contribution in [0.2, 0.25) is 0 Å². The summed E-state index contributed by atoms with van der Waals surface area (Å²) in [6.07, 6.45) is 0. The van der Waals surface area contributed by atoms with Gasteiger partial charge in [0.2, 0.25) is 5.91 Å². The standard InChI is InChI=1S/C23H24FN5O2/c1-16-15-22(25-17(2)30)29(26-16)19-9-7-18(8-10-19)23(31)28-13-11-27(12-14-28)21-6-4-3-5-20(21)24/h3-10,15H,11-14H2,1-2H3,(H,25,30). The summed E-state index contributed by atoms with van der Waals surface area (Å²) in [6, 6.07) is 15.6. The van der Waals surface area contributed by atoms with Gasteiger partial charge in [-0.05, 0) is 43.3 Å². The monoisotopic (exact) mass is 421 g/mol. The lowest BCUT2D eigenvalue weighted by Gasteiger charge is -2.36. The van der Waals surface area contributed by atoms with Crippen molar-refractivity contribution in [3.05, 3.63) is 71.7 Å². The molecule has 7 nitrogen and oxygen atoms in total. The van der Waals surface area contributed by atoms with E-state index in [1.165, 1.54) is 13.0 Å². The Morgan fingerprint density at radius 1 is 1.00 bits per heavy atom. The first kappa shape index (κ1) is 20.6. The van der Waals surface area contributed by atoms with E-state index in [4.69, 9.17) is 0 Å². The topological polar surface area (TPSA) is 70.5 Å². The molecule has 2 heterocycles. The Morgan fingerprint density at radius 2 is 1.68 bits per heavy atom. The highest BCUT2D eigenvalue weighted by Crippen LogP contribution is 2.22. The number of anilines is 2. The maximum Gasteiger partial charge on any atom is 0.253 e. The van der Waals surface area contributed by atoms with E-state index in [9.17, 15) is 14.0 Å². The van der Waals surface area contributed by atoms with Gasteiger partial charge in [0.1, 0.15) is 11.6 Å². The number of benzene rings is 2. The number of carbonyl (C=O) groups excluding carboxylic acids is 2. The van der Waals surface area contributed by atoms with E-state index in [-0.39, 0.29) is 17.6 Å². The summed E-state index contributed by atoms with van der Waals surface area (Å²) in [5, 5.41) is 7.17. The number of piperazine rings is 1. The fourth-order valence-electron chi connectivity index (χ4n) is 3.75. The summed E-state index contributed by atoms with van der Waals surface area (Å²) in [5.41, 5.74) is 2.67. The maximum atomic E-state index is 14.0. The van der Waals surface area contributed by atoms with Gasteiger partial charge < -0.3 is 15.1 Å². The molecule has 0 aliphatic carbocycles. The van der Waals surface area contributed by atoms with Crippen molar-refractivity contribution in [1.82, 2.24) is 14.7 Å². The number of halogens is 1. The van der Waals surface area contributed by atoms with Crippen LogP contribution < -0.4 is 10.2 Å². The zero-order valence-electron chi connectivity index (χ0n) is 17.5. The third-order valence-electron chi connectivity index (χ3n) is 5.25. The van der Waals surface area contributed by atoms with Gasteiger partial charge in [-0.1, -0.05) is 12.1 Å². The number of aryl methyl sites for hydroxylation is 1. The molecular formula is C23H24FN5O2. The number of hydrogen-bond acceptors (Lipinski definition) is 4. The van der Waals surface area contributed by atoms with Gasteiger partial charge in [0.05, 0.1) is 17.1 Å². The summed E-state index contributed by atoms with van der Waals surface area (Å²) < 4.78 is 15.7. The van der Waals surface area contributed by atoms with E-state index in [0.717, 1.165) is 11.4 Å². The van der Waals surface area contributed by atoms with Crippen LogP contribution >= 0.6 is 0 Å². The molecule has 2 amide bonds. The average Bonchev–Trinajstić information content (AvgIpc) is 3.13. The lowest BCUT2D eigenvalue weighted by molar-refractivity contribution is -0.114. The van der Waals surface area contributed by atoms with E-state index in [1.54, 1.807) is 52.0 Å². The van der Waals surface area contributed by atoms with Crippen molar-refractivity contribution < 1.29 is 14.0 Å². The predicted molar refractivity (Wildman–Crippen MR) is 117 cm³/mol. The molecular weight excluding hydrogens is 397 g/mol. The Kier molecular flexibility index (Phi) is 5.70. The molecule has 1 aromatic heterocycles. The van der Waals surface area contributed by atoms with E-state index in [0.29, 0.717) is 43.2 Å². The van der Waals surface area contributed by atoms with Crippen molar-refractivity contribution in [3.8, 4) is 5.69 Å².